The van der Waals surface area contributed by atoms with Crippen molar-refractivity contribution in [1.29, 1.82) is 0 Å². The third-order valence-corrected chi connectivity index (χ3v) is 5.22. The molecule has 1 aromatic rings. The van der Waals surface area contributed by atoms with Gasteiger partial charge < -0.3 is 5.32 Å². The summed E-state index contributed by atoms with van der Waals surface area (Å²) in [4.78, 5) is 15.9. The maximum atomic E-state index is 12.0. The topological polar surface area (TPSA) is 76.1 Å². The maximum Gasteiger partial charge on any atom is 0.253 e. The highest BCUT2D eigenvalue weighted by Crippen LogP contribution is 2.23. The van der Waals surface area contributed by atoms with Gasteiger partial charge in [0.15, 0.2) is 9.84 Å². The third kappa shape index (κ3) is 3.08. The van der Waals surface area contributed by atoms with Crippen LogP contribution in [-0.4, -0.2) is 36.4 Å². The van der Waals surface area contributed by atoms with Gasteiger partial charge in [0.2, 0.25) is 0 Å². The van der Waals surface area contributed by atoms with E-state index in [1.165, 1.54) is 6.20 Å². The molecule has 1 fully saturated rings. The van der Waals surface area contributed by atoms with Crippen LogP contribution in [0.5, 0.6) is 0 Å². The van der Waals surface area contributed by atoms with Crippen molar-refractivity contribution in [2.75, 3.05) is 11.5 Å². The van der Waals surface area contributed by atoms with Crippen LogP contribution in [0.4, 0.5) is 0 Å². The molecule has 0 saturated carbocycles. The highest BCUT2D eigenvalue weighted by atomic mass is 79.9. The predicted octanol–water partition coefficient (Wildman–Crippen LogP) is 1.15. The normalized spacial score (nSPS) is 25.9. The first kappa shape index (κ1) is 13.5. The zero-order chi connectivity index (χ0) is 13.4. The number of amides is 1. The summed E-state index contributed by atoms with van der Waals surface area (Å²) in [5.74, 6) is -0.184. The van der Waals surface area contributed by atoms with Gasteiger partial charge in [-0.15, -0.1) is 0 Å². The molecule has 2 heterocycles. The van der Waals surface area contributed by atoms with E-state index in [1.807, 2.05) is 0 Å². The van der Waals surface area contributed by atoms with Gasteiger partial charge in [-0.05, 0) is 35.3 Å². The predicted molar refractivity (Wildman–Crippen MR) is 71.1 cm³/mol. The van der Waals surface area contributed by atoms with Gasteiger partial charge >= 0.3 is 0 Å². The number of halogens is 1. The van der Waals surface area contributed by atoms with Crippen LogP contribution in [0, 0.1) is 0 Å². The fourth-order valence-corrected chi connectivity index (χ4v) is 4.45. The molecule has 0 aliphatic carbocycles. The second kappa shape index (κ2) is 4.62. The number of nitrogens with one attached hydrogen (secondary N) is 1. The SMILES string of the molecule is C[C@@]1(NC(=O)c2cncc(Br)c2)CCS(=O)(=O)C1. The Morgan fingerprint density at radius 3 is 2.78 bits per heavy atom. The molecule has 2 rings (SSSR count). The van der Waals surface area contributed by atoms with Gasteiger partial charge in [-0.25, -0.2) is 8.42 Å². The van der Waals surface area contributed by atoms with Crippen molar-refractivity contribution in [1.82, 2.24) is 10.3 Å². The molecule has 1 saturated heterocycles. The van der Waals surface area contributed by atoms with E-state index in [2.05, 4.69) is 26.2 Å². The molecule has 98 valence electrons. The molecule has 1 aliphatic heterocycles. The lowest BCUT2D eigenvalue weighted by molar-refractivity contribution is 0.0915. The number of carbonyl (C=O) groups excluding carboxylic acids is 1. The van der Waals surface area contributed by atoms with E-state index >= 15 is 0 Å². The van der Waals surface area contributed by atoms with E-state index in [0.717, 1.165) is 0 Å². The average molecular weight is 333 g/mol. The first-order valence-electron chi connectivity index (χ1n) is 5.43. The van der Waals surface area contributed by atoms with Crippen LogP contribution >= 0.6 is 15.9 Å². The number of aromatic nitrogens is 1. The number of pyridine rings is 1. The first-order valence-corrected chi connectivity index (χ1v) is 8.05. The van der Waals surface area contributed by atoms with Crippen LogP contribution in [0.15, 0.2) is 22.9 Å². The molecule has 18 heavy (non-hydrogen) atoms. The minimum absolute atomic E-state index is 0.00677. The molecule has 0 spiro atoms. The number of hydrogen-bond donors (Lipinski definition) is 1. The summed E-state index contributed by atoms with van der Waals surface area (Å²) in [6, 6.07) is 1.65. The minimum Gasteiger partial charge on any atom is -0.346 e. The monoisotopic (exact) mass is 332 g/mol. The van der Waals surface area contributed by atoms with Crippen molar-refractivity contribution in [3.05, 3.63) is 28.5 Å². The Hall–Kier alpha value is -0.950. The van der Waals surface area contributed by atoms with Crippen molar-refractivity contribution < 1.29 is 13.2 Å². The standard InChI is InChI=1S/C11H13BrN2O3S/c1-11(2-3-18(16,17)7-11)14-10(15)8-4-9(12)6-13-5-8/h4-6H,2-3,7H2,1H3,(H,14,15)/t11-/m1/s1. The highest BCUT2D eigenvalue weighted by molar-refractivity contribution is 9.10. The van der Waals surface area contributed by atoms with Crippen molar-refractivity contribution in [3.8, 4) is 0 Å². The number of rotatable bonds is 2. The number of hydrogen-bond acceptors (Lipinski definition) is 4. The molecule has 1 amide bonds. The average Bonchev–Trinajstić information content (AvgIpc) is 2.52. The van der Waals surface area contributed by atoms with Crippen LogP contribution in [0.25, 0.3) is 0 Å². The summed E-state index contributed by atoms with van der Waals surface area (Å²) in [6.07, 6.45) is 3.48. The van der Waals surface area contributed by atoms with Crippen molar-refractivity contribution in [2.45, 2.75) is 18.9 Å². The van der Waals surface area contributed by atoms with Gasteiger partial charge in [-0.1, -0.05) is 0 Å². The molecular formula is C11H13BrN2O3S. The molecule has 0 aromatic carbocycles. The lowest BCUT2D eigenvalue weighted by Crippen LogP contribution is -2.46. The van der Waals surface area contributed by atoms with E-state index in [4.69, 9.17) is 0 Å². The number of nitrogens with zero attached hydrogens (tertiary/aromatic N) is 1. The number of sulfone groups is 1. The van der Waals surface area contributed by atoms with Gasteiger partial charge in [0, 0.05) is 16.9 Å². The van der Waals surface area contributed by atoms with Gasteiger partial charge in [-0.2, -0.15) is 0 Å². The van der Waals surface area contributed by atoms with Gasteiger partial charge in [0.25, 0.3) is 5.91 Å². The Morgan fingerprint density at radius 1 is 1.50 bits per heavy atom. The quantitative estimate of drug-likeness (QED) is 0.881. The molecular weight excluding hydrogens is 320 g/mol. The Morgan fingerprint density at radius 2 is 2.22 bits per heavy atom. The van der Waals surface area contributed by atoms with E-state index < -0.39 is 15.4 Å². The zero-order valence-corrected chi connectivity index (χ0v) is 12.2. The summed E-state index contributed by atoms with van der Waals surface area (Å²) < 4.78 is 23.6. The Kier molecular flexibility index (Phi) is 3.46. The molecule has 0 bridgehead atoms. The summed E-state index contributed by atoms with van der Waals surface area (Å²) in [5, 5.41) is 2.78. The lowest BCUT2D eigenvalue weighted by atomic mass is 10.0. The summed E-state index contributed by atoms with van der Waals surface area (Å²) in [7, 11) is -3.03. The van der Waals surface area contributed by atoms with Crippen molar-refractivity contribution in [3.63, 3.8) is 0 Å². The van der Waals surface area contributed by atoms with Gasteiger partial charge in [0.1, 0.15) is 0 Å². The smallest absolute Gasteiger partial charge is 0.253 e. The fourth-order valence-electron chi connectivity index (χ4n) is 1.99. The Labute approximate surface area is 114 Å². The van der Waals surface area contributed by atoms with Crippen LogP contribution in [-0.2, 0) is 9.84 Å². The largest absolute Gasteiger partial charge is 0.346 e. The minimum atomic E-state index is -3.03. The van der Waals surface area contributed by atoms with Crippen LogP contribution in [0.2, 0.25) is 0 Å². The highest BCUT2D eigenvalue weighted by Gasteiger charge is 2.39. The fraction of sp³-hybridized carbons (Fsp3) is 0.455. The van der Waals surface area contributed by atoms with E-state index in [0.29, 0.717) is 16.5 Å². The zero-order valence-electron chi connectivity index (χ0n) is 9.81. The van der Waals surface area contributed by atoms with Crippen LogP contribution in [0.1, 0.15) is 23.7 Å². The summed E-state index contributed by atoms with van der Waals surface area (Å²) in [5.41, 5.74) is -0.270. The molecule has 1 aromatic heterocycles. The molecule has 0 radical (unpaired) electrons. The van der Waals surface area contributed by atoms with E-state index in [9.17, 15) is 13.2 Å². The van der Waals surface area contributed by atoms with Gasteiger partial charge in [-0.3, -0.25) is 9.78 Å². The second-order valence-corrected chi connectivity index (χ2v) is 7.85. The van der Waals surface area contributed by atoms with Crippen molar-refractivity contribution >= 4 is 31.7 Å². The second-order valence-electron chi connectivity index (χ2n) is 4.75. The third-order valence-electron chi connectivity index (χ3n) is 2.89. The Balaban J connectivity index is 2.13. The molecule has 1 aliphatic rings. The van der Waals surface area contributed by atoms with Gasteiger partial charge in [0.05, 0.1) is 22.6 Å². The molecule has 0 unspecified atom stereocenters. The molecule has 1 N–H and O–H groups in total. The van der Waals surface area contributed by atoms with Crippen molar-refractivity contribution in [2.24, 2.45) is 0 Å². The van der Waals surface area contributed by atoms with E-state index in [-0.39, 0.29) is 17.4 Å². The van der Waals surface area contributed by atoms with Crippen LogP contribution in [0.3, 0.4) is 0 Å². The number of carbonyl (C=O) groups is 1. The first-order chi connectivity index (χ1) is 8.30. The molecule has 7 heteroatoms. The molecule has 5 nitrogen and oxygen atoms in total. The summed E-state index contributed by atoms with van der Waals surface area (Å²) in [6.45, 7) is 1.75. The van der Waals surface area contributed by atoms with E-state index in [1.54, 1.807) is 19.2 Å². The molecule has 1 atom stereocenters. The van der Waals surface area contributed by atoms with Crippen LogP contribution < -0.4 is 5.32 Å². The maximum absolute atomic E-state index is 12.0. The summed E-state index contributed by atoms with van der Waals surface area (Å²) >= 11 is 3.24. The lowest BCUT2D eigenvalue weighted by Gasteiger charge is -2.23. The Bertz CT molecular complexity index is 588.